The number of thiazole rings is 1. The number of carbonyl (C=O) groups is 2. The Balaban J connectivity index is 1.45. The number of rotatable bonds is 6. The van der Waals surface area contributed by atoms with Gasteiger partial charge < -0.3 is 10.2 Å². The third-order valence-electron chi connectivity index (χ3n) is 5.06. The van der Waals surface area contributed by atoms with Gasteiger partial charge in [-0.25, -0.2) is 4.98 Å². The first kappa shape index (κ1) is 21.0. The fraction of sp³-hybridized carbons (Fsp3) is 0.409. The number of benzene rings is 1. The zero-order valence-electron chi connectivity index (χ0n) is 16.9. The highest BCUT2D eigenvalue weighted by molar-refractivity contribution is 7.09. The molecular formula is C22H26N4O2S. The Bertz CT molecular complexity index is 910. The van der Waals surface area contributed by atoms with E-state index in [2.05, 4.69) is 26.5 Å². The predicted molar refractivity (Wildman–Crippen MR) is 115 cm³/mol. The summed E-state index contributed by atoms with van der Waals surface area (Å²) in [6, 6.07) is 7.10. The van der Waals surface area contributed by atoms with Crippen molar-refractivity contribution in [1.29, 1.82) is 0 Å². The van der Waals surface area contributed by atoms with Crippen LogP contribution in [-0.4, -0.2) is 53.3 Å². The zero-order valence-corrected chi connectivity index (χ0v) is 17.7. The van der Waals surface area contributed by atoms with Crippen LogP contribution in [-0.2, 0) is 16.1 Å². The van der Waals surface area contributed by atoms with Gasteiger partial charge in [-0.15, -0.1) is 17.8 Å². The fourth-order valence-corrected chi connectivity index (χ4v) is 4.14. The van der Waals surface area contributed by atoms with Gasteiger partial charge in [-0.05, 0) is 51.1 Å². The van der Waals surface area contributed by atoms with Crippen LogP contribution < -0.4 is 5.32 Å². The topological polar surface area (TPSA) is 65.5 Å². The van der Waals surface area contributed by atoms with Gasteiger partial charge in [-0.2, -0.15) is 0 Å². The molecule has 152 valence electrons. The van der Waals surface area contributed by atoms with E-state index in [9.17, 15) is 9.59 Å². The van der Waals surface area contributed by atoms with Crippen molar-refractivity contribution in [2.75, 3.05) is 32.0 Å². The van der Waals surface area contributed by atoms with Gasteiger partial charge in [0.05, 0.1) is 17.2 Å². The highest BCUT2D eigenvalue weighted by Gasteiger charge is 2.28. The smallest absolute Gasteiger partial charge is 0.243 e. The van der Waals surface area contributed by atoms with E-state index in [-0.39, 0.29) is 24.3 Å². The van der Waals surface area contributed by atoms with Crippen molar-refractivity contribution in [3.63, 3.8) is 0 Å². The highest BCUT2D eigenvalue weighted by atomic mass is 32.1. The quantitative estimate of drug-likeness (QED) is 0.744. The third kappa shape index (κ3) is 5.89. The molecule has 29 heavy (non-hydrogen) atoms. The second-order valence-electron chi connectivity index (χ2n) is 7.38. The standard InChI is InChI=1S/C22H26N4O2S/c1-4-17-6-5-7-19(12-17)24-21(27)14-25(3)22(28)18-8-10-26(11-9-18)13-20-15-29-16(2)23-20/h1,5-7,12,15,18H,8-11,13-14H2,2-3H3,(H,24,27). The van der Waals surface area contributed by atoms with E-state index in [0.29, 0.717) is 11.3 Å². The summed E-state index contributed by atoms with van der Waals surface area (Å²) < 4.78 is 0. The number of amides is 2. The van der Waals surface area contributed by atoms with Crippen LogP contribution in [0.1, 0.15) is 29.1 Å². The molecule has 0 unspecified atom stereocenters. The van der Waals surface area contributed by atoms with Crippen molar-refractivity contribution in [2.24, 2.45) is 5.92 Å². The van der Waals surface area contributed by atoms with Gasteiger partial charge in [-0.3, -0.25) is 14.5 Å². The van der Waals surface area contributed by atoms with E-state index in [1.54, 1.807) is 42.6 Å². The van der Waals surface area contributed by atoms with Gasteiger partial charge in [0.15, 0.2) is 0 Å². The largest absolute Gasteiger partial charge is 0.336 e. The molecule has 2 amide bonds. The Morgan fingerprint density at radius 3 is 2.79 bits per heavy atom. The first-order valence-corrected chi connectivity index (χ1v) is 10.6. The first-order valence-electron chi connectivity index (χ1n) is 9.69. The third-order valence-corrected chi connectivity index (χ3v) is 5.88. The highest BCUT2D eigenvalue weighted by Crippen LogP contribution is 2.21. The minimum Gasteiger partial charge on any atom is -0.336 e. The number of piperidine rings is 1. The van der Waals surface area contributed by atoms with Crippen molar-refractivity contribution >= 4 is 28.8 Å². The molecule has 0 aliphatic carbocycles. The number of likely N-dealkylation sites (tertiary alicyclic amines) is 1. The number of nitrogens with zero attached hydrogens (tertiary/aromatic N) is 3. The normalized spacial score (nSPS) is 14.9. The lowest BCUT2D eigenvalue weighted by molar-refractivity contribution is -0.138. The molecule has 0 saturated carbocycles. The van der Waals surface area contributed by atoms with Gasteiger partial charge in [0, 0.05) is 36.1 Å². The Hall–Kier alpha value is -2.69. The minimum atomic E-state index is -0.230. The molecule has 7 heteroatoms. The molecule has 0 atom stereocenters. The number of likely N-dealkylation sites (N-methyl/N-ethyl adjacent to an activating group) is 1. The average molecular weight is 411 g/mol. The molecule has 1 aromatic heterocycles. The molecule has 2 heterocycles. The van der Waals surface area contributed by atoms with E-state index < -0.39 is 0 Å². The van der Waals surface area contributed by atoms with Gasteiger partial charge in [0.1, 0.15) is 0 Å². The summed E-state index contributed by atoms with van der Waals surface area (Å²) in [4.78, 5) is 33.4. The van der Waals surface area contributed by atoms with Crippen LogP contribution in [0.25, 0.3) is 0 Å². The van der Waals surface area contributed by atoms with Gasteiger partial charge in [0.2, 0.25) is 11.8 Å². The molecule has 1 aromatic carbocycles. The maximum Gasteiger partial charge on any atom is 0.243 e. The maximum absolute atomic E-state index is 12.7. The minimum absolute atomic E-state index is 0.0252. The summed E-state index contributed by atoms with van der Waals surface area (Å²) in [5, 5.41) is 5.97. The predicted octanol–water partition coefficient (Wildman–Crippen LogP) is 2.74. The molecule has 6 nitrogen and oxygen atoms in total. The van der Waals surface area contributed by atoms with Crippen molar-refractivity contribution in [3.8, 4) is 12.3 Å². The van der Waals surface area contributed by atoms with Crippen molar-refractivity contribution in [1.82, 2.24) is 14.8 Å². The van der Waals surface area contributed by atoms with E-state index in [4.69, 9.17) is 6.42 Å². The Morgan fingerprint density at radius 1 is 1.38 bits per heavy atom. The number of carbonyl (C=O) groups excluding carboxylic acids is 2. The SMILES string of the molecule is C#Cc1cccc(NC(=O)CN(C)C(=O)C2CCN(Cc3csc(C)n3)CC2)c1. The van der Waals surface area contributed by atoms with Crippen LogP contribution >= 0.6 is 11.3 Å². The van der Waals surface area contributed by atoms with Crippen LogP contribution in [0.3, 0.4) is 0 Å². The van der Waals surface area contributed by atoms with Crippen LogP contribution in [0.4, 0.5) is 5.69 Å². The molecule has 0 radical (unpaired) electrons. The maximum atomic E-state index is 12.7. The molecular weight excluding hydrogens is 384 g/mol. The molecule has 1 aliphatic heterocycles. The molecule has 3 rings (SSSR count). The number of hydrogen-bond donors (Lipinski definition) is 1. The average Bonchev–Trinajstić information content (AvgIpc) is 3.12. The first-order chi connectivity index (χ1) is 13.9. The second-order valence-corrected chi connectivity index (χ2v) is 8.44. The van der Waals surface area contributed by atoms with E-state index in [1.165, 1.54) is 4.90 Å². The fourth-order valence-electron chi connectivity index (χ4n) is 3.54. The van der Waals surface area contributed by atoms with Crippen LogP contribution in [0.5, 0.6) is 0 Å². The van der Waals surface area contributed by atoms with Crippen LogP contribution in [0, 0.1) is 25.2 Å². The summed E-state index contributed by atoms with van der Waals surface area (Å²) in [6.07, 6.45) is 6.99. The molecule has 1 N–H and O–H groups in total. The molecule has 0 spiro atoms. The summed E-state index contributed by atoms with van der Waals surface area (Å²) in [5.74, 6) is 2.30. The summed E-state index contributed by atoms with van der Waals surface area (Å²) >= 11 is 1.66. The lowest BCUT2D eigenvalue weighted by Crippen LogP contribution is -2.43. The van der Waals surface area contributed by atoms with Crippen molar-refractivity contribution < 1.29 is 9.59 Å². The monoisotopic (exact) mass is 410 g/mol. The molecule has 2 aromatic rings. The molecule has 0 bridgehead atoms. The number of aryl methyl sites for hydroxylation is 1. The lowest BCUT2D eigenvalue weighted by atomic mass is 9.95. The summed E-state index contributed by atoms with van der Waals surface area (Å²) in [6.45, 7) is 4.60. The Kier molecular flexibility index (Phi) is 7.02. The summed E-state index contributed by atoms with van der Waals surface area (Å²) in [5.41, 5.74) is 2.43. The van der Waals surface area contributed by atoms with Crippen LogP contribution in [0.2, 0.25) is 0 Å². The molecule has 1 aliphatic rings. The number of anilines is 1. The van der Waals surface area contributed by atoms with Crippen molar-refractivity contribution in [2.45, 2.75) is 26.3 Å². The lowest BCUT2D eigenvalue weighted by Gasteiger charge is -2.32. The van der Waals surface area contributed by atoms with E-state index in [1.807, 2.05) is 6.92 Å². The number of terminal acetylenes is 1. The van der Waals surface area contributed by atoms with Gasteiger partial charge in [-0.1, -0.05) is 12.0 Å². The number of aromatic nitrogens is 1. The Labute approximate surface area is 175 Å². The van der Waals surface area contributed by atoms with Gasteiger partial charge in [0.25, 0.3) is 0 Å². The van der Waals surface area contributed by atoms with Crippen molar-refractivity contribution in [3.05, 3.63) is 45.9 Å². The second kappa shape index (κ2) is 9.68. The van der Waals surface area contributed by atoms with Crippen LogP contribution in [0.15, 0.2) is 29.6 Å². The zero-order chi connectivity index (χ0) is 20.8. The van der Waals surface area contributed by atoms with Gasteiger partial charge >= 0.3 is 0 Å². The molecule has 1 fully saturated rings. The van der Waals surface area contributed by atoms with E-state index >= 15 is 0 Å². The molecule has 1 saturated heterocycles. The summed E-state index contributed by atoms with van der Waals surface area (Å²) in [7, 11) is 1.68. The number of nitrogens with one attached hydrogen (secondary N) is 1. The van der Waals surface area contributed by atoms with E-state index in [0.717, 1.165) is 43.2 Å². The number of hydrogen-bond acceptors (Lipinski definition) is 5. The Morgan fingerprint density at radius 2 is 2.14 bits per heavy atom.